The van der Waals surface area contributed by atoms with Crippen LogP contribution in [0.15, 0.2) is 12.3 Å². The highest BCUT2D eigenvalue weighted by Crippen LogP contribution is 2.23. The van der Waals surface area contributed by atoms with Crippen molar-refractivity contribution in [2.24, 2.45) is 7.05 Å². The maximum Gasteiger partial charge on any atom is 0.124 e. The smallest absolute Gasteiger partial charge is 0.124 e. The van der Waals surface area contributed by atoms with Gasteiger partial charge in [-0.1, -0.05) is 0 Å². The summed E-state index contributed by atoms with van der Waals surface area (Å²) in [4.78, 5) is 0. The van der Waals surface area contributed by atoms with E-state index in [1.54, 1.807) is 10.9 Å². The lowest BCUT2D eigenvalue weighted by atomic mass is 10.2. The lowest BCUT2D eigenvalue weighted by molar-refractivity contribution is 0.781. The molecule has 0 amide bonds. The number of aryl methyl sites for hydroxylation is 1. The molecule has 2 rings (SSSR count). The summed E-state index contributed by atoms with van der Waals surface area (Å²) in [5.41, 5.74) is 8.51. The van der Waals surface area contributed by atoms with Crippen LogP contribution in [-0.2, 0) is 7.05 Å². The van der Waals surface area contributed by atoms with E-state index in [4.69, 9.17) is 5.73 Å². The van der Waals surface area contributed by atoms with Gasteiger partial charge in [-0.25, -0.2) is 0 Å². The first-order chi connectivity index (χ1) is 6.20. The van der Waals surface area contributed by atoms with Gasteiger partial charge in [-0.15, -0.1) is 0 Å². The lowest BCUT2D eigenvalue weighted by Gasteiger charge is -1.92. The zero-order chi connectivity index (χ0) is 9.42. The second-order valence-electron chi connectivity index (χ2n) is 2.95. The van der Waals surface area contributed by atoms with Gasteiger partial charge in [0.05, 0.1) is 5.69 Å². The number of nitrogen functional groups attached to an aromatic ring is 1. The molecular formula is C8H11N5. The van der Waals surface area contributed by atoms with Crippen molar-refractivity contribution >= 4 is 5.82 Å². The Morgan fingerprint density at radius 2 is 2.31 bits per heavy atom. The highest BCUT2D eigenvalue weighted by atomic mass is 15.3. The zero-order valence-electron chi connectivity index (χ0n) is 7.57. The van der Waals surface area contributed by atoms with Gasteiger partial charge >= 0.3 is 0 Å². The number of hydrogen-bond acceptors (Lipinski definition) is 3. The summed E-state index contributed by atoms with van der Waals surface area (Å²) in [5.74, 6) is 0.685. The Balaban J connectivity index is 2.59. The van der Waals surface area contributed by atoms with E-state index in [-0.39, 0.29) is 0 Å². The fourth-order valence-corrected chi connectivity index (χ4v) is 1.29. The van der Waals surface area contributed by atoms with Crippen molar-refractivity contribution in [3.05, 3.63) is 17.8 Å². The second kappa shape index (κ2) is 2.62. The average molecular weight is 177 g/mol. The van der Waals surface area contributed by atoms with Gasteiger partial charge in [0.25, 0.3) is 0 Å². The van der Waals surface area contributed by atoms with Gasteiger partial charge in [-0.2, -0.15) is 10.2 Å². The van der Waals surface area contributed by atoms with Gasteiger partial charge in [0.2, 0.25) is 0 Å². The van der Waals surface area contributed by atoms with Crippen LogP contribution < -0.4 is 5.73 Å². The minimum atomic E-state index is 0.685. The van der Waals surface area contributed by atoms with Gasteiger partial charge in [-0.05, 0) is 13.0 Å². The average Bonchev–Trinajstić information content (AvgIpc) is 2.70. The second-order valence-corrected chi connectivity index (χ2v) is 2.95. The van der Waals surface area contributed by atoms with Crippen molar-refractivity contribution in [3.63, 3.8) is 0 Å². The fraction of sp³-hybridized carbons (Fsp3) is 0.250. The van der Waals surface area contributed by atoms with Crippen LogP contribution in [0.25, 0.3) is 11.4 Å². The third-order valence-electron chi connectivity index (χ3n) is 2.09. The van der Waals surface area contributed by atoms with Crippen molar-refractivity contribution in [3.8, 4) is 11.4 Å². The molecule has 3 N–H and O–H groups in total. The monoisotopic (exact) mass is 177 g/mol. The van der Waals surface area contributed by atoms with Crippen LogP contribution in [0.1, 0.15) is 5.56 Å². The molecule has 13 heavy (non-hydrogen) atoms. The summed E-state index contributed by atoms with van der Waals surface area (Å²) in [7, 11) is 1.82. The van der Waals surface area contributed by atoms with Gasteiger partial charge in [0.1, 0.15) is 11.5 Å². The number of nitrogens with zero attached hydrogens (tertiary/aromatic N) is 3. The Hall–Kier alpha value is -1.78. The number of nitrogens with one attached hydrogen (secondary N) is 1. The van der Waals surface area contributed by atoms with E-state index in [2.05, 4.69) is 15.3 Å². The molecule has 0 bridgehead atoms. The molecule has 0 saturated heterocycles. The Morgan fingerprint density at radius 1 is 1.54 bits per heavy atom. The molecule has 0 aromatic carbocycles. The Labute approximate surface area is 75.6 Å². The predicted octanol–water partition coefficient (Wildman–Crippen LogP) is 0.701. The molecule has 5 heteroatoms. The number of rotatable bonds is 1. The van der Waals surface area contributed by atoms with Crippen molar-refractivity contribution in [1.29, 1.82) is 0 Å². The molecule has 2 aromatic heterocycles. The molecule has 0 aliphatic carbocycles. The minimum absolute atomic E-state index is 0.685. The molecule has 68 valence electrons. The topological polar surface area (TPSA) is 72.5 Å². The molecule has 0 atom stereocenters. The van der Waals surface area contributed by atoms with Crippen molar-refractivity contribution in [1.82, 2.24) is 20.0 Å². The third-order valence-corrected chi connectivity index (χ3v) is 2.09. The molecule has 0 unspecified atom stereocenters. The summed E-state index contributed by atoms with van der Waals surface area (Å²) < 4.78 is 1.66. The maximum absolute atomic E-state index is 5.77. The van der Waals surface area contributed by atoms with Crippen LogP contribution in [0.4, 0.5) is 5.82 Å². The molecule has 2 aromatic rings. The summed E-state index contributed by atoms with van der Waals surface area (Å²) >= 11 is 0. The number of hydrogen-bond donors (Lipinski definition) is 2. The van der Waals surface area contributed by atoms with Gasteiger partial charge in [0.15, 0.2) is 0 Å². The first-order valence-corrected chi connectivity index (χ1v) is 3.99. The van der Waals surface area contributed by atoms with Crippen molar-refractivity contribution < 1.29 is 0 Å². The van der Waals surface area contributed by atoms with Crippen LogP contribution >= 0.6 is 0 Å². The summed E-state index contributed by atoms with van der Waals surface area (Å²) in [6, 6.07) is 1.87. The van der Waals surface area contributed by atoms with Crippen LogP contribution in [0.5, 0.6) is 0 Å². The fourth-order valence-electron chi connectivity index (χ4n) is 1.29. The molecule has 0 radical (unpaired) electrons. The van der Waals surface area contributed by atoms with E-state index in [0.717, 1.165) is 17.0 Å². The van der Waals surface area contributed by atoms with Crippen LogP contribution in [0, 0.1) is 6.92 Å². The predicted molar refractivity (Wildman–Crippen MR) is 49.9 cm³/mol. The minimum Gasteiger partial charge on any atom is -0.384 e. The van der Waals surface area contributed by atoms with Gasteiger partial charge in [0, 0.05) is 18.8 Å². The van der Waals surface area contributed by atoms with Crippen molar-refractivity contribution in [2.45, 2.75) is 6.92 Å². The third kappa shape index (κ3) is 1.09. The molecule has 0 aliphatic heterocycles. The standard InChI is InChI=1S/C8H11N5/c1-5-7(6-3-4-10-11-6)12-13(2)8(5)9/h3-4H,9H2,1-2H3,(H,10,11). The van der Waals surface area contributed by atoms with E-state index in [9.17, 15) is 0 Å². The van der Waals surface area contributed by atoms with Crippen molar-refractivity contribution in [2.75, 3.05) is 5.73 Å². The van der Waals surface area contributed by atoms with Crippen LogP contribution in [0.2, 0.25) is 0 Å². The normalized spacial score (nSPS) is 10.6. The highest BCUT2D eigenvalue weighted by Gasteiger charge is 2.11. The number of H-pyrrole nitrogens is 1. The Kier molecular flexibility index (Phi) is 1.58. The van der Waals surface area contributed by atoms with Crippen LogP contribution in [-0.4, -0.2) is 20.0 Å². The van der Waals surface area contributed by atoms with E-state index >= 15 is 0 Å². The number of aromatic nitrogens is 4. The first-order valence-electron chi connectivity index (χ1n) is 3.99. The number of aromatic amines is 1. The molecule has 0 aliphatic rings. The molecule has 0 saturated carbocycles. The molecular weight excluding hydrogens is 166 g/mol. The summed E-state index contributed by atoms with van der Waals surface area (Å²) in [6.45, 7) is 1.94. The first kappa shape index (κ1) is 7.85. The Bertz CT molecular complexity index is 412. The SMILES string of the molecule is Cc1c(-c2ccn[nH]2)nn(C)c1N. The Morgan fingerprint density at radius 3 is 2.77 bits per heavy atom. The van der Waals surface area contributed by atoms with E-state index in [1.165, 1.54) is 0 Å². The quantitative estimate of drug-likeness (QED) is 0.673. The van der Waals surface area contributed by atoms with E-state index in [1.807, 2.05) is 20.0 Å². The molecule has 2 heterocycles. The summed E-state index contributed by atoms with van der Waals surface area (Å²) in [6.07, 6.45) is 1.69. The van der Waals surface area contributed by atoms with Crippen LogP contribution in [0.3, 0.4) is 0 Å². The van der Waals surface area contributed by atoms with E-state index < -0.39 is 0 Å². The largest absolute Gasteiger partial charge is 0.384 e. The highest BCUT2D eigenvalue weighted by molar-refractivity contribution is 5.64. The van der Waals surface area contributed by atoms with Gasteiger partial charge < -0.3 is 5.73 Å². The number of anilines is 1. The summed E-state index contributed by atoms with van der Waals surface area (Å²) in [5, 5.41) is 11.0. The molecule has 0 spiro atoms. The lowest BCUT2D eigenvalue weighted by Crippen LogP contribution is -1.97. The van der Waals surface area contributed by atoms with Gasteiger partial charge in [-0.3, -0.25) is 9.78 Å². The molecule has 0 fully saturated rings. The maximum atomic E-state index is 5.77. The number of nitrogens with two attached hydrogens (primary N) is 1. The molecule has 5 nitrogen and oxygen atoms in total. The van der Waals surface area contributed by atoms with E-state index in [0.29, 0.717) is 5.82 Å². The zero-order valence-corrected chi connectivity index (χ0v) is 7.57.